The number of carbonyl (C=O) groups excluding carboxylic acids is 1. The number of hydrogen-bond acceptors (Lipinski definition) is 7. The molecule has 3 heterocycles. The molecule has 0 atom stereocenters. The summed E-state index contributed by atoms with van der Waals surface area (Å²) in [6, 6.07) is 10.7. The summed E-state index contributed by atoms with van der Waals surface area (Å²) in [6.07, 6.45) is -1.79. The van der Waals surface area contributed by atoms with E-state index in [1.54, 1.807) is 48.1 Å². The van der Waals surface area contributed by atoms with Crippen molar-refractivity contribution in [3.05, 3.63) is 71.8 Å². The first kappa shape index (κ1) is 28.5. The van der Waals surface area contributed by atoms with E-state index in [0.717, 1.165) is 38.7 Å². The van der Waals surface area contributed by atoms with Crippen molar-refractivity contribution in [1.29, 1.82) is 0 Å². The number of anilines is 2. The normalized spacial score (nSPS) is 15.2. The van der Waals surface area contributed by atoms with Gasteiger partial charge in [-0.25, -0.2) is 9.37 Å². The molecule has 0 amide bonds. The molecule has 4 aromatic rings. The first-order valence-corrected chi connectivity index (χ1v) is 13.2. The Morgan fingerprint density at radius 1 is 1.00 bits per heavy atom. The number of imidazole rings is 1. The molecule has 41 heavy (non-hydrogen) atoms. The van der Waals surface area contributed by atoms with Gasteiger partial charge in [0.1, 0.15) is 17.3 Å². The third kappa shape index (κ3) is 7.01. The summed E-state index contributed by atoms with van der Waals surface area (Å²) in [5, 5.41) is 2.66. The maximum Gasteiger partial charge on any atom is 0.416 e. The van der Waals surface area contributed by atoms with Crippen molar-refractivity contribution in [3.8, 4) is 11.5 Å². The number of nitrogens with zero attached hydrogens (tertiary/aromatic N) is 5. The van der Waals surface area contributed by atoms with Crippen molar-refractivity contribution >= 4 is 28.5 Å². The standard InChI is InChI=1S/C29H30F4N6O2/c1-37-10-3-11-39(13-12-37)18-21(40)15-20-16-23(8-9-34-20)41-22-5-7-27-26(17-22)36-28(38(27)2)35-25-14-19(29(31,32)33)4-6-24(25)30/h4-9,14,16-17H,3,10-13,15,18H2,1-2H3,(H,35,36). The van der Waals surface area contributed by atoms with Gasteiger partial charge in [-0.15, -0.1) is 0 Å². The Kier molecular flexibility index (Phi) is 8.22. The number of aryl methyl sites for hydroxylation is 1. The molecule has 1 aliphatic rings. The summed E-state index contributed by atoms with van der Waals surface area (Å²) in [7, 11) is 3.75. The SMILES string of the molecule is CN1CCCN(CC(=O)Cc2cc(Oc3ccc4c(c3)nc(Nc3cc(C(F)(F)F)ccc3F)n4C)ccn2)CC1. The zero-order valence-corrected chi connectivity index (χ0v) is 22.7. The molecule has 2 aromatic heterocycles. The summed E-state index contributed by atoms with van der Waals surface area (Å²) in [4.78, 5) is 25.9. The average molecular weight is 571 g/mol. The molecule has 5 rings (SSSR count). The molecular weight excluding hydrogens is 540 g/mol. The van der Waals surface area contributed by atoms with E-state index in [1.807, 2.05) is 0 Å². The predicted molar refractivity (Wildman–Crippen MR) is 147 cm³/mol. The van der Waals surface area contributed by atoms with E-state index in [1.165, 1.54) is 0 Å². The largest absolute Gasteiger partial charge is 0.457 e. The van der Waals surface area contributed by atoms with Crippen molar-refractivity contribution in [2.24, 2.45) is 7.05 Å². The van der Waals surface area contributed by atoms with Crippen LogP contribution >= 0.6 is 0 Å². The zero-order valence-electron chi connectivity index (χ0n) is 22.7. The number of aromatic nitrogens is 3. The molecule has 0 saturated carbocycles. The lowest BCUT2D eigenvalue weighted by Gasteiger charge is -2.19. The number of pyridine rings is 1. The number of nitrogens with one attached hydrogen (secondary N) is 1. The Bertz CT molecular complexity index is 1550. The quantitative estimate of drug-likeness (QED) is 0.284. The van der Waals surface area contributed by atoms with Gasteiger partial charge in [0.15, 0.2) is 5.78 Å². The van der Waals surface area contributed by atoms with Gasteiger partial charge in [-0.1, -0.05) is 0 Å². The van der Waals surface area contributed by atoms with E-state index in [0.29, 0.717) is 46.9 Å². The Hall–Kier alpha value is -4.03. The molecule has 2 aromatic carbocycles. The lowest BCUT2D eigenvalue weighted by atomic mass is 10.2. The highest BCUT2D eigenvalue weighted by Crippen LogP contribution is 2.33. The molecule has 0 spiro atoms. The van der Waals surface area contributed by atoms with Crippen LogP contribution in [0.4, 0.5) is 29.2 Å². The molecule has 0 bridgehead atoms. The van der Waals surface area contributed by atoms with E-state index in [9.17, 15) is 22.4 Å². The highest BCUT2D eigenvalue weighted by Gasteiger charge is 2.31. The molecule has 1 saturated heterocycles. The average Bonchev–Trinajstić information content (AvgIpc) is 3.06. The number of rotatable bonds is 8. The molecule has 0 aliphatic carbocycles. The summed E-state index contributed by atoms with van der Waals surface area (Å²) in [5.41, 5.74) is 0.453. The maximum absolute atomic E-state index is 14.3. The van der Waals surface area contributed by atoms with Crippen LogP contribution in [-0.2, 0) is 24.4 Å². The van der Waals surface area contributed by atoms with Gasteiger partial charge in [0.25, 0.3) is 0 Å². The molecule has 12 heteroatoms. The first-order valence-electron chi connectivity index (χ1n) is 13.2. The van der Waals surface area contributed by atoms with Gasteiger partial charge in [-0.2, -0.15) is 13.2 Å². The zero-order chi connectivity index (χ0) is 29.1. The fourth-order valence-corrected chi connectivity index (χ4v) is 4.79. The summed E-state index contributed by atoms with van der Waals surface area (Å²) < 4.78 is 61.2. The number of likely N-dealkylation sites (N-methyl/N-ethyl adjacent to an activating group) is 1. The molecule has 216 valence electrons. The van der Waals surface area contributed by atoms with E-state index in [-0.39, 0.29) is 23.8 Å². The summed E-state index contributed by atoms with van der Waals surface area (Å²) >= 11 is 0. The Balaban J connectivity index is 1.27. The van der Waals surface area contributed by atoms with E-state index < -0.39 is 17.6 Å². The molecule has 1 aliphatic heterocycles. The number of Topliss-reactive ketones (excluding diaryl/α,β-unsaturated/α-hetero) is 1. The smallest absolute Gasteiger partial charge is 0.416 e. The van der Waals surface area contributed by atoms with E-state index >= 15 is 0 Å². The van der Waals surface area contributed by atoms with Gasteiger partial charge in [0.2, 0.25) is 5.95 Å². The minimum Gasteiger partial charge on any atom is -0.457 e. The highest BCUT2D eigenvalue weighted by atomic mass is 19.4. The Morgan fingerprint density at radius 2 is 1.80 bits per heavy atom. The van der Waals surface area contributed by atoms with E-state index in [2.05, 4.69) is 32.1 Å². The van der Waals surface area contributed by atoms with Gasteiger partial charge < -0.3 is 19.5 Å². The van der Waals surface area contributed by atoms with Crippen LogP contribution in [0.15, 0.2) is 54.7 Å². The second-order valence-corrected chi connectivity index (χ2v) is 10.2. The number of hydrogen-bond donors (Lipinski definition) is 1. The van der Waals surface area contributed by atoms with Crippen LogP contribution in [0.5, 0.6) is 11.5 Å². The molecule has 0 radical (unpaired) electrons. The number of halogens is 4. The van der Waals surface area contributed by atoms with Crippen molar-refractivity contribution in [2.45, 2.75) is 19.0 Å². The second-order valence-electron chi connectivity index (χ2n) is 10.2. The number of ketones is 1. The van der Waals surface area contributed by atoms with Gasteiger partial charge >= 0.3 is 6.18 Å². The second kappa shape index (κ2) is 11.8. The predicted octanol–water partition coefficient (Wildman–Crippen LogP) is 5.41. The van der Waals surface area contributed by atoms with E-state index in [4.69, 9.17) is 4.74 Å². The van der Waals surface area contributed by atoms with Crippen LogP contribution in [0.1, 0.15) is 17.7 Å². The Labute approximate surface area is 234 Å². The number of alkyl halides is 3. The van der Waals surface area contributed by atoms with Gasteiger partial charge in [0.05, 0.1) is 40.9 Å². The van der Waals surface area contributed by atoms with Crippen LogP contribution in [0, 0.1) is 5.82 Å². The number of benzene rings is 2. The molecule has 8 nitrogen and oxygen atoms in total. The Morgan fingerprint density at radius 3 is 2.61 bits per heavy atom. The number of fused-ring (bicyclic) bond motifs is 1. The molecule has 0 unspecified atom stereocenters. The minimum atomic E-state index is -4.60. The van der Waals surface area contributed by atoms with Crippen LogP contribution in [0.2, 0.25) is 0 Å². The monoisotopic (exact) mass is 570 g/mol. The lowest BCUT2D eigenvalue weighted by molar-refractivity contribution is -0.137. The first-order chi connectivity index (χ1) is 19.5. The van der Waals surface area contributed by atoms with Gasteiger partial charge in [0, 0.05) is 38.5 Å². The van der Waals surface area contributed by atoms with Crippen LogP contribution in [0.3, 0.4) is 0 Å². The lowest BCUT2D eigenvalue weighted by Crippen LogP contribution is -2.34. The third-order valence-corrected chi connectivity index (χ3v) is 7.01. The summed E-state index contributed by atoms with van der Waals surface area (Å²) in [5.74, 6) is 0.381. The van der Waals surface area contributed by atoms with Crippen LogP contribution < -0.4 is 10.1 Å². The highest BCUT2D eigenvalue weighted by molar-refractivity contribution is 5.83. The van der Waals surface area contributed by atoms with Crippen molar-refractivity contribution in [1.82, 2.24) is 24.3 Å². The number of carbonyl (C=O) groups is 1. The van der Waals surface area contributed by atoms with Crippen LogP contribution in [-0.4, -0.2) is 69.9 Å². The van der Waals surface area contributed by atoms with Crippen molar-refractivity contribution < 1.29 is 27.1 Å². The van der Waals surface area contributed by atoms with Crippen LogP contribution in [0.25, 0.3) is 11.0 Å². The fourth-order valence-electron chi connectivity index (χ4n) is 4.79. The summed E-state index contributed by atoms with van der Waals surface area (Å²) in [6.45, 7) is 4.12. The molecule has 1 fully saturated rings. The molecular formula is C29H30F4N6O2. The fraction of sp³-hybridized carbons (Fsp3) is 0.345. The topological polar surface area (TPSA) is 75.5 Å². The number of ether oxygens (including phenoxy) is 1. The third-order valence-electron chi connectivity index (χ3n) is 7.01. The molecule has 1 N–H and O–H groups in total. The van der Waals surface area contributed by atoms with Gasteiger partial charge in [-0.05, 0) is 63.0 Å². The van der Waals surface area contributed by atoms with Gasteiger partial charge in [-0.3, -0.25) is 14.7 Å². The maximum atomic E-state index is 14.3. The minimum absolute atomic E-state index is 0.0892. The van der Waals surface area contributed by atoms with Crippen molar-refractivity contribution in [2.75, 3.05) is 45.1 Å². The van der Waals surface area contributed by atoms with Crippen molar-refractivity contribution in [3.63, 3.8) is 0 Å².